The quantitative estimate of drug-likeness (QED) is 0.0594. The van der Waals surface area contributed by atoms with Gasteiger partial charge in [-0.1, -0.05) is 429 Å². The zero-order chi connectivity index (χ0) is 64.9. The molecule has 12 heteroatoms. The Morgan fingerprint density at radius 2 is 0.698 bits per heavy atom. The molecule has 0 N–H and O–H groups in total. The molecule has 0 saturated heterocycles. The highest BCUT2D eigenvalue weighted by molar-refractivity contribution is 7.51. The Morgan fingerprint density at radius 1 is 0.326 bits per heavy atom. The maximum atomic E-state index is 2.75. The molecule has 0 heterocycles. The summed E-state index contributed by atoms with van der Waals surface area (Å²) in [6, 6.07) is 71.2. The summed E-state index contributed by atoms with van der Waals surface area (Å²) in [5.41, 5.74) is 3.78. The molecule has 0 amide bonds. The van der Waals surface area contributed by atoms with Crippen molar-refractivity contribution in [3.63, 3.8) is 0 Å². The van der Waals surface area contributed by atoms with Gasteiger partial charge in [-0.25, -0.2) is 0 Å². The summed E-state index contributed by atoms with van der Waals surface area (Å²) in [6.45, 7) is 67.5. The lowest BCUT2D eigenvalue weighted by Gasteiger charge is -2.46. The van der Waals surface area contributed by atoms with Crippen LogP contribution in [0.1, 0.15) is 32.1 Å². The Balaban J connectivity index is 0.000000252. The smallest absolute Gasteiger partial charge is 0.0713 e. The topological polar surface area (TPSA) is 0 Å². The first kappa shape index (κ1) is 76.6. The van der Waals surface area contributed by atoms with Gasteiger partial charge in [0.05, 0.1) is 23.5 Å². The van der Waals surface area contributed by atoms with Gasteiger partial charge in [-0.3, -0.25) is 0 Å². The van der Waals surface area contributed by atoms with Gasteiger partial charge in [0.25, 0.3) is 0 Å². The van der Waals surface area contributed by atoms with Gasteiger partial charge in [-0.2, -0.15) is 0 Å². The summed E-state index contributed by atoms with van der Waals surface area (Å²) in [5.74, 6) is 0. The number of hydrogen-bond acceptors (Lipinski definition) is 0. The van der Waals surface area contributed by atoms with Crippen molar-refractivity contribution in [2.24, 2.45) is 0 Å². The van der Waals surface area contributed by atoms with Crippen LogP contribution in [0, 0.1) is 0 Å². The summed E-state index contributed by atoms with van der Waals surface area (Å²) in [5, 5.41) is 9.31. The van der Waals surface area contributed by atoms with Crippen molar-refractivity contribution in [3.8, 4) is 11.1 Å². The van der Waals surface area contributed by atoms with E-state index in [2.05, 4.69) is 328 Å². The fourth-order valence-electron chi connectivity index (χ4n) is 12.6. The second-order valence-corrected chi connectivity index (χ2v) is 117. The van der Waals surface area contributed by atoms with Crippen LogP contribution in [-0.2, 0) is 0 Å². The van der Waals surface area contributed by atoms with Gasteiger partial charge >= 0.3 is 0 Å². The molecule has 475 valence electrons. The summed E-state index contributed by atoms with van der Waals surface area (Å²) < 4.78 is 0. The molecule has 6 aromatic carbocycles. The predicted molar refractivity (Wildman–Crippen MR) is 434 cm³/mol. The average molecular weight is 1360 g/mol. The highest BCUT2D eigenvalue weighted by Crippen LogP contribution is 2.43. The minimum Gasteiger partial charge on any atom is -0.0713 e. The lowest BCUT2D eigenvalue weighted by Crippen LogP contribution is -2.72. The zero-order valence-electron chi connectivity index (χ0n) is 60.8. The van der Waals surface area contributed by atoms with Crippen molar-refractivity contribution in [3.05, 3.63) is 158 Å². The third-order valence-corrected chi connectivity index (χ3v) is 99.7. The molecule has 7 rings (SSSR count). The molecule has 1 fully saturated rings. The first-order valence-electron chi connectivity index (χ1n) is 34.1. The number of hydrogen-bond donors (Lipinski definition) is 0. The van der Waals surface area contributed by atoms with Crippen LogP contribution in [0.15, 0.2) is 158 Å². The third-order valence-electron chi connectivity index (χ3n) is 22.0. The molecule has 1 aliphatic carbocycles. The number of rotatable bonds is 22. The van der Waals surface area contributed by atoms with Crippen LogP contribution >= 0.6 is 0 Å². The summed E-state index contributed by atoms with van der Waals surface area (Å²) >= 11 is 0. The van der Waals surface area contributed by atoms with E-state index in [-0.39, 0.29) is 8.31 Å². The highest BCUT2D eigenvalue weighted by Gasteiger charge is 2.49. The maximum Gasteiger partial charge on any atom is 0.107 e. The van der Waals surface area contributed by atoms with Crippen molar-refractivity contribution < 1.29 is 0 Å². The van der Waals surface area contributed by atoms with Crippen LogP contribution in [0.2, 0.25) is 224 Å². The molecule has 6 aromatic rings. The van der Waals surface area contributed by atoms with E-state index in [0.717, 1.165) is 5.54 Å². The lowest BCUT2D eigenvalue weighted by atomic mass is 10.0. The van der Waals surface area contributed by atoms with E-state index in [0.29, 0.717) is 0 Å². The molecular formula is C74H131Si12. The van der Waals surface area contributed by atoms with Crippen LogP contribution < -0.4 is 20.7 Å². The van der Waals surface area contributed by atoms with Gasteiger partial charge < -0.3 is 0 Å². The Labute approximate surface area is 545 Å². The minimum absolute atomic E-state index is 0.304. The van der Waals surface area contributed by atoms with E-state index in [9.17, 15) is 0 Å². The zero-order valence-corrected chi connectivity index (χ0v) is 72.8. The van der Waals surface area contributed by atoms with Crippen LogP contribution in [0.25, 0.3) is 21.9 Å². The fourth-order valence-corrected chi connectivity index (χ4v) is 73.0. The van der Waals surface area contributed by atoms with E-state index < -0.39 is 85.4 Å². The van der Waals surface area contributed by atoms with Gasteiger partial charge in [0, 0.05) is 62.7 Å². The Bertz CT molecular complexity index is 2920. The second-order valence-electron chi connectivity index (χ2n) is 35.4. The Morgan fingerprint density at radius 3 is 1.17 bits per heavy atom. The van der Waals surface area contributed by atoms with Crippen LogP contribution in [0.3, 0.4) is 0 Å². The van der Waals surface area contributed by atoms with E-state index in [1.165, 1.54) is 77.4 Å². The molecule has 0 aliphatic heterocycles. The highest BCUT2D eigenvalue weighted by atomic mass is 29.3. The molecule has 0 nitrogen and oxygen atoms in total. The molecule has 0 spiro atoms. The van der Waals surface area contributed by atoms with Crippen LogP contribution in [-0.4, -0.2) is 93.7 Å². The van der Waals surface area contributed by atoms with Crippen LogP contribution in [0.5, 0.6) is 0 Å². The van der Waals surface area contributed by atoms with Crippen molar-refractivity contribution in [1.82, 2.24) is 0 Å². The Hall–Kier alpha value is -1.82. The van der Waals surface area contributed by atoms with E-state index >= 15 is 0 Å². The summed E-state index contributed by atoms with van der Waals surface area (Å²) in [6.07, 6.45) is 7.71. The third kappa shape index (κ3) is 23.1. The van der Waals surface area contributed by atoms with Crippen molar-refractivity contribution in [2.45, 2.75) is 256 Å². The van der Waals surface area contributed by atoms with Crippen molar-refractivity contribution in [1.29, 1.82) is 0 Å². The maximum absolute atomic E-state index is 2.75. The minimum atomic E-state index is -1.79. The van der Waals surface area contributed by atoms with Crippen molar-refractivity contribution in [2.75, 3.05) is 0 Å². The van der Waals surface area contributed by atoms with E-state index in [1.54, 1.807) is 45.7 Å². The molecule has 0 aromatic heterocycles. The first-order valence-corrected chi connectivity index (χ1v) is 76.3. The summed E-state index contributed by atoms with van der Waals surface area (Å²) in [7, 11) is -12.7. The normalized spacial score (nSPS) is 15.2. The standard InChI is InChI=1S/C26H36Si3.C19H32Si3.C15H36Si3.C14H27Si3/c1-27(2,3)21-22-28(4,5)29(6,25-15-11-8-12-16-25)26-19-17-24(18-20-26)23-13-9-7-10-14-23;1-20(2,3)14-15-21(4,5)22(6,7)19-13-12-17-10-8-9-11-18(17)16-19;1-16(2,3)13-14-17(4,5)18(6,7)15-11-9-8-10-12-15;1-15(14-10-8-7-9-11-14)17(5,6)13-12-16(2,3)4/h7-20H,21-22H2,1-6H3;8-13,16H,14-15H2,1-7H3;15H,8-14H2,1-7H3;7-11H,12-13H2,1-6H3. The summed E-state index contributed by atoms with van der Waals surface area (Å²) in [4.78, 5) is 0. The second kappa shape index (κ2) is 31.7. The first-order chi connectivity index (χ1) is 39.4. The largest absolute Gasteiger partial charge is 0.107 e. The van der Waals surface area contributed by atoms with Crippen LogP contribution in [0.4, 0.5) is 0 Å². The number of benzene rings is 6. The SMILES string of the molecule is C[Si](C)(C)CC[Si](C)(C)[Si](C)(C)C1CCCCC1.C[Si](C)(C)CC[Si](C)(C)[Si](C)(C)c1ccc2ccccc2c1.C[Si](C)(C)CC[Si](C)(C)[Si](C)(c1ccccc1)c1ccc(-c2ccccc2)cc1.C[Si](c1ccccc1)[Si](C)(C)CC[Si](C)(C)C. The fraction of sp³-hybridized carbons (Fsp3) is 0.541. The molecule has 1 unspecified atom stereocenters. The predicted octanol–water partition coefficient (Wildman–Crippen LogP) is 22.8. The molecule has 0 bridgehead atoms. The van der Waals surface area contributed by atoms with Gasteiger partial charge in [0.1, 0.15) is 7.59 Å². The van der Waals surface area contributed by atoms with Gasteiger partial charge in [0.2, 0.25) is 0 Å². The molecule has 1 atom stereocenters. The van der Waals surface area contributed by atoms with Gasteiger partial charge in [-0.05, 0) is 27.4 Å². The lowest BCUT2D eigenvalue weighted by molar-refractivity contribution is 0.495. The molecular weight excluding hydrogens is 1230 g/mol. The average Bonchev–Trinajstić information content (AvgIpc) is 1.42. The van der Waals surface area contributed by atoms with Gasteiger partial charge in [-0.15, -0.1) is 0 Å². The number of fused-ring (bicyclic) bond motifs is 1. The molecule has 86 heavy (non-hydrogen) atoms. The Kier molecular flexibility index (Phi) is 28.2. The van der Waals surface area contributed by atoms with E-state index in [4.69, 9.17) is 0 Å². The van der Waals surface area contributed by atoms with Gasteiger partial charge in [0.15, 0.2) is 0 Å². The molecule has 1 saturated carbocycles. The molecule has 1 aliphatic rings. The monoisotopic (exact) mass is 1360 g/mol. The van der Waals surface area contributed by atoms with E-state index in [1.807, 2.05) is 0 Å². The van der Waals surface area contributed by atoms with Crippen molar-refractivity contribution >= 4 is 125 Å². The molecule has 1 radical (unpaired) electrons.